The van der Waals surface area contributed by atoms with Crippen LogP contribution in [-0.2, 0) is 11.3 Å². The van der Waals surface area contributed by atoms with Gasteiger partial charge in [0.2, 0.25) is 0 Å². The molecule has 0 atom stereocenters. The molecule has 1 aromatic heterocycles. The maximum absolute atomic E-state index is 12.9. The van der Waals surface area contributed by atoms with Crippen molar-refractivity contribution < 1.29 is 9.18 Å². The van der Waals surface area contributed by atoms with Crippen molar-refractivity contribution in [1.82, 2.24) is 15.0 Å². The Morgan fingerprint density at radius 2 is 1.84 bits per heavy atom. The lowest BCUT2D eigenvalue weighted by Crippen LogP contribution is -2.20. The van der Waals surface area contributed by atoms with Crippen LogP contribution in [0.1, 0.15) is 11.1 Å². The Morgan fingerprint density at radius 3 is 2.61 bits per heavy atom. The van der Waals surface area contributed by atoms with Gasteiger partial charge in [-0.05, 0) is 47.5 Å². The summed E-state index contributed by atoms with van der Waals surface area (Å²) in [4.78, 5) is 16.9. The first-order valence-corrected chi connectivity index (χ1v) is 10.8. The number of imidazole rings is 1. The number of amides is 1. The molecule has 0 saturated heterocycles. The second kappa shape index (κ2) is 9.76. The van der Waals surface area contributed by atoms with Gasteiger partial charge in [-0.1, -0.05) is 59.8 Å². The maximum atomic E-state index is 12.9. The molecule has 5 nitrogen and oxygen atoms in total. The number of hydrogen-bond donors (Lipinski definition) is 1. The summed E-state index contributed by atoms with van der Waals surface area (Å²) >= 11 is 7.34. The van der Waals surface area contributed by atoms with Crippen LogP contribution in [0.15, 0.2) is 83.1 Å². The Morgan fingerprint density at radius 1 is 1.10 bits per heavy atom. The first kappa shape index (κ1) is 21.1. The predicted molar refractivity (Wildman–Crippen MR) is 123 cm³/mol. The van der Waals surface area contributed by atoms with Crippen LogP contribution in [-0.4, -0.2) is 27.4 Å². The summed E-state index contributed by atoms with van der Waals surface area (Å²) in [6.45, 7) is 0.615. The van der Waals surface area contributed by atoms with Gasteiger partial charge in [-0.2, -0.15) is 5.10 Å². The second-order valence-electron chi connectivity index (χ2n) is 6.73. The summed E-state index contributed by atoms with van der Waals surface area (Å²) in [5.41, 5.74) is 6.13. The van der Waals surface area contributed by atoms with Gasteiger partial charge >= 0.3 is 0 Å². The van der Waals surface area contributed by atoms with E-state index in [9.17, 15) is 9.18 Å². The van der Waals surface area contributed by atoms with E-state index in [1.807, 2.05) is 48.5 Å². The van der Waals surface area contributed by atoms with E-state index in [1.54, 1.807) is 12.1 Å². The van der Waals surface area contributed by atoms with Crippen LogP contribution in [0.3, 0.4) is 0 Å². The third kappa shape index (κ3) is 5.51. The monoisotopic (exact) mass is 452 g/mol. The number of carbonyl (C=O) groups excluding carboxylic acids is 1. The van der Waals surface area contributed by atoms with Gasteiger partial charge in [0.1, 0.15) is 5.82 Å². The van der Waals surface area contributed by atoms with E-state index in [-0.39, 0.29) is 17.5 Å². The second-order valence-corrected chi connectivity index (χ2v) is 8.11. The summed E-state index contributed by atoms with van der Waals surface area (Å²) in [6, 6.07) is 21.4. The van der Waals surface area contributed by atoms with E-state index in [0.717, 1.165) is 21.8 Å². The SMILES string of the molecule is O=C(CSc1nc2ccccc2n1Cc1ccc(Cl)cc1)N/N=C/c1ccc(F)cc1. The highest BCUT2D eigenvalue weighted by atomic mass is 35.5. The normalized spacial score (nSPS) is 11.3. The molecule has 3 aromatic carbocycles. The molecular formula is C23H18ClFN4OS. The van der Waals surface area contributed by atoms with Crippen LogP contribution in [0.5, 0.6) is 0 Å². The molecule has 0 bridgehead atoms. The number of nitrogens with zero attached hydrogens (tertiary/aromatic N) is 3. The first-order chi connectivity index (χ1) is 15.1. The van der Waals surface area contributed by atoms with E-state index < -0.39 is 0 Å². The van der Waals surface area contributed by atoms with Crippen molar-refractivity contribution in [2.45, 2.75) is 11.7 Å². The van der Waals surface area contributed by atoms with Crippen LogP contribution < -0.4 is 5.43 Å². The summed E-state index contributed by atoms with van der Waals surface area (Å²) in [7, 11) is 0. The molecule has 4 aromatic rings. The molecule has 0 spiro atoms. The standard InChI is InChI=1S/C23H18ClFN4OS/c24-18-9-5-17(6-10-18)14-29-21-4-2-1-3-20(21)27-23(29)31-15-22(30)28-26-13-16-7-11-19(25)12-8-16/h1-13H,14-15H2,(H,28,30)/b26-13+. The highest BCUT2D eigenvalue weighted by Crippen LogP contribution is 2.25. The van der Waals surface area contributed by atoms with Crippen molar-refractivity contribution in [3.8, 4) is 0 Å². The molecule has 156 valence electrons. The minimum Gasteiger partial charge on any atom is -0.314 e. The Labute approximate surface area is 187 Å². The van der Waals surface area contributed by atoms with Crippen molar-refractivity contribution >= 4 is 46.5 Å². The van der Waals surface area contributed by atoms with Crippen molar-refractivity contribution in [3.05, 3.63) is 94.8 Å². The summed E-state index contributed by atoms with van der Waals surface area (Å²) in [6.07, 6.45) is 1.47. The lowest BCUT2D eigenvalue weighted by atomic mass is 10.2. The number of para-hydroxylation sites is 2. The molecule has 0 radical (unpaired) electrons. The Balaban J connectivity index is 1.44. The topological polar surface area (TPSA) is 59.3 Å². The molecule has 0 saturated carbocycles. The summed E-state index contributed by atoms with van der Waals surface area (Å²) in [5.74, 6) is -0.419. The van der Waals surface area contributed by atoms with E-state index in [2.05, 4.69) is 20.1 Å². The van der Waals surface area contributed by atoms with Gasteiger partial charge in [-0.25, -0.2) is 14.8 Å². The molecular weight excluding hydrogens is 435 g/mol. The third-order valence-corrected chi connectivity index (χ3v) is 5.71. The van der Waals surface area contributed by atoms with Gasteiger partial charge in [-0.15, -0.1) is 0 Å². The first-order valence-electron chi connectivity index (χ1n) is 9.48. The molecule has 8 heteroatoms. The average Bonchev–Trinajstić information content (AvgIpc) is 3.12. The molecule has 0 aliphatic heterocycles. The number of benzene rings is 3. The average molecular weight is 453 g/mol. The molecule has 0 aliphatic rings. The number of fused-ring (bicyclic) bond motifs is 1. The predicted octanol–water partition coefficient (Wildman–Crippen LogP) is 5.12. The zero-order chi connectivity index (χ0) is 21.6. The Bertz CT molecular complexity index is 1220. The fourth-order valence-corrected chi connectivity index (χ4v) is 3.91. The quantitative estimate of drug-likeness (QED) is 0.240. The van der Waals surface area contributed by atoms with Crippen LogP contribution in [0.25, 0.3) is 11.0 Å². The molecule has 31 heavy (non-hydrogen) atoms. The van der Waals surface area contributed by atoms with Crippen molar-refractivity contribution in [1.29, 1.82) is 0 Å². The molecule has 1 heterocycles. The van der Waals surface area contributed by atoms with Gasteiger partial charge in [0.05, 0.1) is 29.5 Å². The Hall–Kier alpha value is -3.16. The lowest BCUT2D eigenvalue weighted by Gasteiger charge is -2.09. The van der Waals surface area contributed by atoms with E-state index >= 15 is 0 Å². The van der Waals surface area contributed by atoms with Gasteiger partial charge in [-0.3, -0.25) is 4.79 Å². The number of aromatic nitrogens is 2. The van der Waals surface area contributed by atoms with Crippen molar-refractivity contribution in [2.24, 2.45) is 5.10 Å². The van der Waals surface area contributed by atoms with E-state index in [1.165, 1.54) is 30.1 Å². The molecule has 0 unspecified atom stereocenters. The number of rotatable bonds is 7. The smallest absolute Gasteiger partial charge is 0.250 e. The maximum Gasteiger partial charge on any atom is 0.250 e. The van der Waals surface area contributed by atoms with Crippen molar-refractivity contribution in [3.63, 3.8) is 0 Å². The highest BCUT2D eigenvalue weighted by molar-refractivity contribution is 7.99. The molecule has 0 fully saturated rings. The minimum atomic E-state index is -0.320. The molecule has 0 aliphatic carbocycles. The zero-order valence-electron chi connectivity index (χ0n) is 16.3. The van der Waals surface area contributed by atoms with E-state index in [4.69, 9.17) is 11.6 Å². The van der Waals surface area contributed by atoms with Gasteiger partial charge in [0.15, 0.2) is 5.16 Å². The molecule has 1 N–H and O–H groups in total. The largest absolute Gasteiger partial charge is 0.314 e. The fourth-order valence-electron chi connectivity index (χ4n) is 2.98. The van der Waals surface area contributed by atoms with Gasteiger partial charge in [0, 0.05) is 5.02 Å². The fraction of sp³-hybridized carbons (Fsp3) is 0.0870. The number of nitrogens with one attached hydrogen (secondary N) is 1. The third-order valence-electron chi connectivity index (χ3n) is 4.48. The number of halogens is 2. The van der Waals surface area contributed by atoms with E-state index in [0.29, 0.717) is 17.1 Å². The number of thioether (sulfide) groups is 1. The van der Waals surface area contributed by atoms with Crippen LogP contribution in [0.4, 0.5) is 4.39 Å². The zero-order valence-corrected chi connectivity index (χ0v) is 17.9. The van der Waals surface area contributed by atoms with Gasteiger partial charge < -0.3 is 4.57 Å². The number of hydrazone groups is 1. The molecule has 4 rings (SSSR count). The van der Waals surface area contributed by atoms with Crippen LogP contribution in [0, 0.1) is 5.82 Å². The summed E-state index contributed by atoms with van der Waals surface area (Å²) < 4.78 is 15.0. The minimum absolute atomic E-state index is 0.157. The van der Waals surface area contributed by atoms with Crippen LogP contribution >= 0.6 is 23.4 Å². The molecule has 1 amide bonds. The lowest BCUT2D eigenvalue weighted by molar-refractivity contribution is -0.118. The van der Waals surface area contributed by atoms with Crippen molar-refractivity contribution in [2.75, 3.05) is 5.75 Å². The summed E-state index contributed by atoms with van der Waals surface area (Å²) in [5, 5.41) is 5.36. The van der Waals surface area contributed by atoms with Crippen LogP contribution in [0.2, 0.25) is 5.02 Å². The van der Waals surface area contributed by atoms with Gasteiger partial charge in [0.25, 0.3) is 5.91 Å². The Kier molecular flexibility index (Phi) is 6.64. The highest BCUT2D eigenvalue weighted by Gasteiger charge is 2.13. The number of hydrogen-bond acceptors (Lipinski definition) is 4. The number of carbonyl (C=O) groups is 1.